The highest BCUT2D eigenvalue weighted by atomic mass is 16.3. The Morgan fingerprint density at radius 3 is 1.43 bits per heavy atom. The molecule has 2 aromatic heterocycles. The fourth-order valence-electron chi connectivity index (χ4n) is 6.45. The van der Waals surface area contributed by atoms with E-state index in [0.717, 1.165) is 60.9 Å². The van der Waals surface area contributed by atoms with Crippen LogP contribution >= 0.6 is 0 Å². The number of nitrogens with zero attached hydrogens (tertiary/aromatic N) is 3. The lowest BCUT2D eigenvalue weighted by molar-refractivity contribution is 0.670. The van der Waals surface area contributed by atoms with E-state index >= 15 is 0 Å². The molecule has 2 heterocycles. The lowest BCUT2D eigenvalue weighted by Crippen LogP contribution is -2.00. The van der Waals surface area contributed by atoms with Crippen molar-refractivity contribution in [2.45, 2.75) is 0 Å². The monoisotopic (exact) mass is 627 g/mol. The van der Waals surface area contributed by atoms with Crippen molar-refractivity contribution >= 4 is 21.9 Å². The largest absolute Gasteiger partial charge is 0.455 e. The van der Waals surface area contributed by atoms with Gasteiger partial charge in [0.2, 0.25) is 0 Å². The molecule has 0 unspecified atom stereocenters. The Morgan fingerprint density at radius 1 is 0.306 bits per heavy atom. The predicted octanol–water partition coefficient (Wildman–Crippen LogP) is 11.8. The average molecular weight is 628 g/mol. The molecule has 0 radical (unpaired) electrons. The van der Waals surface area contributed by atoms with Crippen molar-refractivity contribution in [3.8, 4) is 67.5 Å². The van der Waals surface area contributed by atoms with Crippen molar-refractivity contribution in [1.29, 1.82) is 0 Å². The van der Waals surface area contributed by atoms with Crippen LogP contribution < -0.4 is 0 Å². The summed E-state index contributed by atoms with van der Waals surface area (Å²) in [6.07, 6.45) is 0. The molecule has 0 atom stereocenters. The molecule has 4 heteroatoms. The van der Waals surface area contributed by atoms with Gasteiger partial charge >= 0.3 is 0 Å². The van der Waals surface area contributed by atoms with Gasteiger partial charge in [-0.05, 0) is 46.0 Å². The fraction of sp³-hybridized carbons (Fsp3) is 0. The standard InChI is InChI=1S/C45H29N3O/c1-4-12-30(13-5-1)31-22-24-32(25-23-31)38-20-11-21-39-40-29-36(26-27-41(40)49-42(38)39)35-18-10-19-37(28-35)45-47-43(33-14-6-2-7-15-33)46-44(48-45)34-16-8-3-9-17-34/h1-29H. The molecule has 0 aliphatic carbocycles. The molecule has 0 N–H and O–H groups in total. The summed E-state index contributed by atoms with van der Waals surface area (Å²) in [5.41, 5.74) is 11.3. The summed E-state index contributed by atoms with van der Waals surface area (Å²) in [6, 6.07) is 60.5. The zero-order chi connectivity index (χ0) is 32.6. The summed E-state index contributed by atoms with van der Waals surface area (Å²) in [7, 11) is 0. The van der Waals surface area contributed by atoms with Gasteiger partial charge in [-0.1, -0.05) is 158 Å². The van der Waals surface area contributed by atoms with E-state index in [9.17, 15) is 0 Å². The highest BCUT2D eigenvalue weighted by molar-refractivity contribution is 6.10. The van der Waals surface area contributed by atoms with E-state index in [-0.39, 0.29) is 0 Å². The van der Waals surface area contributed by atoms with E-state index in [1.54, 1.807) is 0 Å². The number of rotatable bonds is 6. The van der Waals surface area contributed by atoms with Crippen molar-refractivity contribution in [1.82, 2.24) is 15.0 Å². The molecule has 9 aromatic rings. The van der Waals surface area contributed by atoms with Gasteiger partial charge in [0.25, 0.3) is 0 Å². The lowest BCUT2D eigenvalue weighted by Gasteiger charge is -2.09. The molecule has 9 rings (SSSR count). The van der Waals surface area contributed by atoms with Crippen LogP contribution in [-0.4, -0.2) is 15.0 Å². The van der Waals surface area contributed by atoms with Crippen molar-refractivity contribution in [2.75, 3.05) is 0 Å². The smallest absolute Gasteiger partial charge is 0.164 e. The Hall–Kier alpha value is -6.65. The van der Waals surface area contributed by atoms with Gasteiger partial charge in [0.1, 0.15) is 11.2 Å². The van der Waals surface area contributed by atoms with Gasteiger partial charge in [0, 0.05) is 33.0 Å². The second-order valence-corrected chi connectivity index (χ2v) is 12.1. The van der Waals surface area contributed by atoms with E-state index in [0.29, 0.717) is 17.5 Å². The topological polar surface area (TPSA) is 51.8 Å². The molecule has 0 saturated heterocycles. The van der Waals surface area contributed by atoms with Gasteiger partial charge in [0.05, 0.1) is 0 Å². The van der Waals surface area contributed by atoms with Gasteiger partial charge in [-0.25, -0.2) is 15.0 Å². The van der Waals surface area contributed by atoms with E-state index in [2.05, 4.69) is 109 Å². The normalized spacial score (nSPS) is 11.3. The third-order valence-electron chi connectivity index (χ3n) is 8.95. The van der Waals surface area contributed by atoms with Crippen molar-refractivity contribution in [3.63, 3.8) is 0 Å². The number of hydrogen-bond donors (Lipinski definition) is 0. The first-order chi connectivity index (χ1) is 24.3. The highest BCUT2D eigenvalue weighted by Crippen LogP contribution is 2.38. The minimum absolute atomic E-state index is 0.632. The first kappa shape index (κ1) is 28.6. The van der Waals surface area contributed by atoms with Crippen LogP contribution in [0.5, 0.6) is 0 Å². The van der Waals surface area contributed by atoms with Gasteiger partial charge < -0.3 is 4.42 Å². The minimum Gasteiger partial charge on any atom is -0.455 e. The minimum atomic E-state index is 0.632. The summed E-state index contributed by atoms with van der Waals surface area (Å²) >= 11 is 0. The molecule has 0 saturated carbocycles. The van der Waals surface area contributed by atoms with Gasteiger partial charge in [-0.2, -0.15) is 0 Å². The number of para-hydroxylation sites is 1. The Kier molecular flexibility index (Phi) is 7.10. The molecule has 0 fully saturated rings. The number of benzene rings is 7. The van der Waals surface area contributed by atoms with Crippen molar-refractivity contribution < 1.29 is 4.42 Å². The second-order valence-electron chi connectivity index (χ2n) is 12.1. The molecular formula is C45H29N3O. The van der Waals surface area contributed by atoms with Crippen LogP contribution in [0.15, 0.2) is 180 Å². The zero-order valence-corrected chi connectivity index (χ0v) is 26.5. The molecule has 230 valence electrons. The number of aromatic nitrogens is 3. The molecule has 4 nitrogen and oxygen atoms in total. The Labute approximate surface area is 284 Å². The van der Waals surface area contributed by atoms with Crippen molar-refractivity contribution in [2.24, 2.45) is 0 Å². The van der Waals surface area contributed by atoms with Crippen molar-refractivity contribution in [3.05, 3.63) is 176 Å². The average Bonchev–Trinajstić information content (AvgIpc) is 3.57. The molecule has 49 heavy (non-hydrogen) atoms. The van der Waals surface area contributed by atoms with Crippen LogP contribution in [0.25, 0.3) is 89.5 Å². The second kappa shape index (κ2) is 12.2. The Bertz CT molecular complexity index is 2520. The molecule has 0 spiro atoms. The molecule has 0 aliphatic rings. The van der Waals surface area contributed by atoms with E-state index in [1.165, 1.54) is 11.1 Å². The number of furan rings is 1. The maximum atomic E-state index is 6.52. The zero-order valence-electron chi connectivity index (χ0n) is 26.5. The quantitative estimate of drug-likeness (QED) is 0.184. The predicted molar refractivity (Wildman–Crippen MR) is 200 cm³/mol. The maximum Gasteiger partial charge on any atom is 0.164 e. The van der Waals surface area contributed by atoms with Crippen LogP contribution in [0.2, 0.25) is 0 Å². The molecular weight excluding hydrogens is 599 g/mol. The van der Waals surface area contributed by atoms with Crippen LogP contribution in [0.1, 0.15) is 0 Å². The number of fused-ring (bicyclic) bond motifs is 3. The van der Waals surface area contributed by atoms with E-state index < -0.39 is 0 Å². The number of hydrogen-bond acceptors (Lipinski definition) is 4. The first-order valence-corrected chi connectivity index (χ1v) is 16.4. The summed E-state index contributed by atoms with van der Waals surface area (Å²) in [5, 5.41) is 2.17. The fourth-order valence-corrected chi connectivity index (χ4v) is 6.45. The molecule has 0 aliphatic heterocycles. The summed E-state index contributed by atoms with van der Waals surface area (Å²) in [4.78, 5) is 14.7. The first-order valence-electron chi connectivity index (χ1n) is 16.4. The SMILES string of the molecule is c1ccc(-c2ccc(-c3cccc4c3oc3ccc(-c5cccc(-c6nc(-c7ccccc7)nc(-c7ccccc7)n6)c5)cc34)cc2)cc1. The van der Waals surface area contributed by atoms with Crippen LogP contribution in [-0.2, 0) is 0 Å². The summed E-state index contributed by atoms with van der Waals surface area (Å²) in [5.74, 6) is 1.92. The van der Waals surface area contributed by atoms with Crippen LogP contribution in [0.3, 0.4) is 0 Å². The van der Waals surface area contributed by atoms with Crippen LogP contribution in [0, 0.1) is 0 Å². The van der Waals surface area contributed by atoms with Gasteiger partial charge in [-0.15, -0.1) is 0 Å². The Morgan fingerprint density at radius 2 is 0.776 bits per heavy atom. The van der Waals surface area contributed by atoms with E-state index in [1.807, 2.05) is 66.7 Å². The van der Waals surface area contributed by atoms with Crippen LogP contribution in [0.4, 0.5) is 0 Å². The maximum absolute atomic E-state index is 6.52. The third kappa shape index (κ3) is 5.45. The molecule has 0 amide bonds. The molecule has 7 aromatic carbocycles. The summed E-state index contributed by atoms with van der Waals surface area (Å²) < 4.78 is 6.52. The van der Waals surface area contributed by atoms with Gasteiger partial charge in [-0.3, -0.25) is 0 Å². The Balaban J connectivity index is 1.10. The molecule has 0 bridgehead atoms. The van der Waals surface area contributed by atoms with E-state index in [4.69, 9.17) is 19.4 Å². The highest BCUT2D eigenvalue weighted by Gasteiger charge is 2.15. The lowest BCUT2D eigenvalue weighted by atomic mass is 9.98. The third-order valence-corrected chi connectivity index (χ3v) is 8.95. The van der Waals surface area contributed by atoms with Gasteiger partial charge in [0.15, 0.2) is 17.5 Å². The summed E-state index contributed by atoms with van der Waals surface area (Å²) in [6.45, 7) is 0.